The van der Waals surface area contributed by atoms with Crippen LogP contribution < -0.4 is 5.32 Å². The molecule has 0 saturated heterocycles. The Morgan fingerprint density at radius 2 is 1.95 bits per heavy atom. The Hall–Kier alpha value is -2.62. The van der Waals surface area contributed by atoms with Gasteiger partial charge in [-0.1, -0.05) is 30.3 Å². The van der Waals surface area contributed by atoms with E-state index in [-0.39, 0.29) is 31.3 Å². The Kier molecular flexibility index (Phi) is 3.35. The molecule has 1 aliphatic rings. The van der Waals surface area contributed by atoms with Gasteiger partial charge in [0.2, 0.25) is 5.91 Å². The maximum atomic E-state index is 11.4. The summed E-state index contributed by atoms with van der Waals surface area (Å²) in [5, 5.41) is 2.70. The molecular formula is C18H17NO3. The van der Waals surface area contributed by atoms with E-state index in [0.29, 0.717) is 5.69 Å². The molecule has 0 spiro atoms. The van der Waals surface area contributed by atoms with Gasteiger partial charge in [0, 0.05) is 26.8 Å². The largest absolute Gasteiger partial charge is 0.465 e. The second-order valence-corrected chi connectivity index (χ2v) is 5.29. The van der Waals surface area contributed by atoms with Gasteiger partial charge in [0.25, 0.3) is 0 Å². The van der Waals surface area contributed by atoms with Crippen LogP contribution >= 0.6 is 0 Å². The molecule has 1 amide bonds. The molecule has 0 bridgehead atoms. The van der Waals surface area contributed by atoms with E-state index in [4.69, 9.17) is 6.11 Å². The number of fused-ring (bicyclic) bond motifs is 3. The minimum atomic E-state index is -0.350. The maximum absolute atomic E-state index is 11.4. The summed E-state index contributed by atoms with van der Waals surface area (Å²) >= 11 is 0. The maximum Gasteiger partial charge on any atom is 0.302 e. The van der Waals surface area contributed by atoms with E-state index in [1.807, 2.05) is 42.5 Å². The Morgan fingerprint density at radius 1 is 1.18 bits per heavy atom. The number of carbonyl (C=O) groups is 2. The SMILES string of the molecule is [3H]CC(=O)Nc1ccc2c(c1)C(COC(C)=O)c1ccccc1-2. The zero-order valence-electron chi connectivity index (χ0n) is 13.3. The lowest BCUT2D eigenvalue weighted by Gasteiger charge is -2.14. The van der Waals surface area contributed by atoms with Crippen molar-refractivity contribution in [3.05, 3.63) is 53.6 Å². The molecule has 0 radical (unpaired) electrons. The van der Waals surface area contributed by atoms with Crippen LogP contribution in [0.4, 0.5) is 5.69 Å². The highest BCUT2D eigenvalue weighted by molar-refractivity contribution is 5.90. The molecule has 1 N–H and O–H groups in total. The number of rotatable bonds is 3. The summed E-state index contributed by atoms with van der Waals surface area (Å²) in [6, 6.07) is 13.7. The lowest BCUT2D eigenvalue weighted by Crippen LogP contribution is -2.11. The summed E-state index contributed by atoms with van der Waals surface area (Å²) in [4.78, 5) is 22.6. The molecule has 0 fully saturated rings. The third-order valence-corrected chi connectivity index (χ3v) is 3.79. The van der Waals surface area contributed by atoms with E-state index in [0.717, 1.165) is 22.3 Å². The topological polar surface area (TPSA) is 55.4 Å². The molecule has 0 saturated carbocycles. The average molecular weight is 297 g/mol. The van der Waals surface area contributed by atoms with Crippen LogP contribution in [0.1, 0.15) is 32.2 Å². The molecule has 3 rings (SSSR count). The minimum absolute atomic E-state index is 0.0436. The predicted molar refractivity (Wildman–Crippen MR) is 84.7 cm³/mol. The average Bonchev–Trinajstić information content (AvgIpc) is 2.86. The van der Waals surface area contributed by atoms with Gasteiger partial charge in [0.1, 0.15) is 6.61 Å². The summed E-state index contributed by atoms with van der Waals surface area (Å²) < 4.78 is 12.3. The summed E-state index contributed by atoms with van der Waals surface area (Å²) in [5.74, 6) is -0.704. The first-order chi connectivity index (χ1) is 11.1. The van der Waals surface area contributed by atoms with Crippen molar-refractivity contribution in [1.82, 2.24) is 0 Å². The molecule has 0 heterocycles. The van der Waals surface area contributed by atoms with Crippen LogP contribution in [0.25, 0.3) is 11.1 Å². The smallest absolute Gasteiger partial charge is 0.302 e. The van der Waals surface area contributed by atoms with Gasteiger partial charge in [0.15, 0.2) is 0 Å². The molecule has 0 aromatic heterocycles. The van der Waals surface area contributed by atoms with Crippen LogP contribution in [0, 0.1) is 0 Å². The number of ether oxygens (including phenoxy) is 1. The predicted octanol–water partition coefficient (Wildman–Crippen LogP) is 3.32. The van der Waals surface area contributed by atoms with Crippen molar-refractivity contribution in [2.24, 2.45) is 0 Å². The van der Waals surface area contributed by atoms with Crippen molar-refractivity contribution >= 4 is 17.6 Å². The molecule has 22 heavy (non-hydrogen) atoms. The number of hydrogen-bond donors (Lipinski definition) is 1. The van der Waals surface area contributed by atoms with Gasteiger partial charge in [-0.2, -0.15) is 0 Å². The number of anilines is 1. The molecule has 1 atom stereocenters. The van der Waals surface area contributed by atoms with Crippen LogP contribution in [-0.2, 0) is 14.3 Å². The molecule has 112 valence electrons. The van der Waals surface area contributed by atoms with Crippen LogP contribution in [0.3, 0.4) is 0 Å². The number of esters is 1. The van der Waals surface area contributed by atoms with Gasteiger partial charge in [-0.05, 0) is 34.4 Å². The third-order valence-electron chi connectivity index (χ3n) is 3.79. The van der Waals surface area contributed by atoms with Crippen molar-refractivity contribution in [2.45, 2.75) is 19.7 Å². The van der Waals surface area contributed by atoms with E-state index in [9.17, 15) is 9.59 Å². The Balaban J connectivity index is 1.99. The Morgan fingerprint density at radius 3 is 2.73 bits per heavy atom. The third kappa shape index (κ3) is 2.60. The highest BCUT2D eigenvalue weighted by Gasteiger charge is 2.29. The van der Waals surface area contributed by atoms with Gasteiger partial charge >= 0.3 is 5.97 Å². The van der Waals surface area contributed by atoms with Crippen molar-refractivity contribution in [3.63, 3.8) is 0 Å². The monoisotopic (exact) mass is 297 g/mol. The van der Waals surface area contributed by atoms with E-state index in [2.05, 4.69) is 5.32 Å². The summed E-state index contributed by atoms with van der Waals surface area (Å²) in [5.41, 5.74) is 5.00. The molecule has 2 aromatic carbocycles. The van der Waals surface area contributed by atoms with Crippen LogP contribution in [0.5, 0.6) is 0 Å². The van der Waals surface area contributed by atoms with Gasteiger partial charge in [0.05, 0.1) is 0 Å². The first-order valence-corrected chi connectivity index (χ1v) is 7.06. The van der Waals surface area contributed by atoms with Crippen LogP contribution in [0.2, 0.25) is 0 Å². The van der Waals surface area contributed by atoms with Crippen molar-refractivity contribution in [2.75, 3.05) is 11.9 Å². The highest BCUT2D eigenvalue weighted by Crippen LogP contribution is 2.45. The van der Waals surface area contributed by atoms with Gasteiger partial charge in [-0.3, -0.25) is 9.59 Å². The lowest BCUT2D eigenvalue weighted by molar-refractivity contribution is -0.141. The van der Waals surface area contributed by atoms with Crippen LogP contribution in [0.15, 0.2) is 42.5 Å². The second-order valence-electron chi connectivity index (χ2n) is 5.29. The quantitative estimate of drug-likeness (QED) is 0.884. The van der Waals surface area contributed by atoms with Gasteiger partial charge in [-0.15, -0.1) is 0 Å². The fraction of sp³-hybridized carbons (Fsp3) is 0.222. The lowest BCUT2D eigenvalue weighted by atomic mass is 9.97. The molecule has 0 aliphatic heterocycles. The Labute approximate surface area is 130 Å². The van der Waals surface area contributed by atoms with Crippen molar-refractivity contribution < 1.29 is 15.7 Å². The van der Waals surface area contributed by atoms with Crippen LogP contribution in [-0.4, -0.2) is 18.5 Å². The molecule has 1 unspecified atom stereocenters. The molecular weight excluding hydrogens is 278 g/mol. The first kappa shape index (κ1) is 13.1. The number of benzene rings is 2. The van der Waals surface area contributed by atoms with E-state index in [1.165, 1.54) is 6.92 Å². The standard InChI is InChI=1S/C18H17NO3/c1-11(20)19-13-7-8-16-14-5-3-4-6-15(14)18(17(16)9-13)10-22-12(2)21/h3-9,18H,10H2,1-2H3,(H,19,20)/i1T. The van der Waals surface area contributed by atoms with E-state index >= 15 is 0 Å². The first-order valence-electron chi connectivity index (χ1n) is 7.76. The van der Waals surface area contributed by atoms with Gasteiger partial charge < -0.3 is 10.1 Å². The molecule has 4 heteroatoms. The summed E-state index contributed by atoms with van der Waals surface area (Å²) in [7, 11) is 0. The zero-order chi connectivity index (χ0) is 16.4. The van der Waals surface area contributed by atoms with E-state index < -0.39 is 0 Å². The zero-order valence-corrected chi connectivity index (χ0v) is 12.3. The van der Waals surface area contributed by atoms with Gasteiger partial charge in [-0.25, -0.2) is 0 Å². The fourth-order valence-electron chi connectivity index (χ4n) is 2.93. The van der Waals surface area contributed by atoms with E-state index in [1.54, 1.807) is 0 Å². The summed E-state index contributed by atoms with van der Waals surface area (Å²) in [6.07, 6.45) is 0. The number of nitrogens with one attached hydrogen (secondary N) is 1. The van der Waals surface area contributed by atoms with Crippen molar-refractivity contribution in [1.29, 1.82) is 0 Å². The fourth-order valence-corrected chi connectivity index (χ4v) is 2.93. The number of amides is 1. The number of carbonyl (C=O) groups excluding carboxylic acids is 2. The minimum Gasteiger partial charge on any atom is -0.465 e. The number of hydrogen-bond acceptors (Lipinski definition) is 3. The second kappa shape index (κ2) is 5.64. The highest BCUT2D eigenvalue weighted by atomic mass is 16.5. The molecule has 2 aromatic rings. The molecule has 1 aliphatic carbocycles. The molecule has 4 nitrogen and oxygen atoms in total. The Bertz CT molecular complexity index is 773. The summed E-state index contributed by atoms with van der Waals surface area (Å²) in [6.45, 7) is 1.36. The normalized spacial score (nSPS) is 15.5. The van der Waals surface area contributed by atoms with Crippen molar-refractivity contribution in [3.8, 4) is 11.1 Å².